The van der Waals surface area contributed by atoms with E-state index in [4.69, 9.17) is 4.74 Å². The number of carbonyl (C=O) groups is 2. The lowest BCUT2D eigenvalue weighted by molar-refractivity contribution is 0.0959. The standard InChI is InChI=1S/C18H29N5O3/c1-3-26-18(25)22-10-8-14(9-11-22)20-17(24)21-16-13(2)12-19-23(16)15-6-4-5-7-15/h12,14-15H,3-11H2,1-2H3,(H2,20,21,24). The number of nitrogens with one attached hydrogen (secondary N) is 2. The molecular formula is C18H29N5O3. The van der Waals surface area contributed by atoms with Gasteiger partial charge in [-0.1, -0.05) is 12.8 Å². The van der Waals surface area contributed by atoms with Crippen molar-refractivity contribution in [3.05, 3.63) is 11.8 Å². The van der Waals surface area contributed by atoms with Crippen LogP contribution in [-0.4, -0.2) is 52.5 Å². The molecule has 8 nitrogen and oxygen atoms in total. The van der Waals surface area contributed by atoms with Gasteiger partial charge in [0.25, 0.3) is 0 Å². The number of aromatic nitrogens is 2. The van der Waals surface area contributed by atoms with Gasteiger partial charge in [-0.05, 0) is 39.5 Å². The summed E-state index contributed by atoms with van der Waals surface area (Å²) in [6.45, 7) is 5.35. The Hall–Kier alpha value is -2.25. The molecule has 0 atom stereocenters. The molecule has 1 aromatic rings. The van der Waals surface area contributed by atoms with Crippen LogP contribution in [0.3, 0.4) is 0 Å². The maximum atomic E-state index is 12.4. The van der Waals surface area contributed by atoms with E-state index in [1.807, 2.05) is 17.8 Å². The Kier molecular flexibility index (Phi) is 6.00. The number of urea groups is 1. The van der Waals surface area contributed by atoms with E-state index in [-0.39, 0.29) is 18.2 Å². The number of anilines is 1. The number of hydrogen-bond acceptors (Lipinski definition) is 4. The zero-order valence-corrected chi connectivity index (χ0v) is 15.7. The second-order valence-corrected chi connectivity index (χ2v) is 7.12. The Labute approximate surface area is 154 Å². The van der Waals surface area contributed by atoms with Gasteiger partial charge in [0.05, 0.1) is 18.8 Å². The lowest BCUT2D eigenvalue weighted by Crippen LogP contribution is -2.47. The van der Waals surface area contributed by atoms with E-state index in [1.165, 1.54) is 12.8 Å². The number of ether oxygens (including phenoxy) is 1. The van der Waals surface area contributed by atoms with Crippen LogP contribution in [0.15, 0.2) is 6.20 Å². The number of carbonyl (C=O) groups excluding carboxylic acids is 2. The van der Waals surface area contributed by atoms with Crippen LogP contribution in [0.1, 0.15) is 57.1 Å². The maximum Gasteiger partial charge on any atom is 0.409 e. The second kappa shape index (κ2) is 8.42. The average molecular weight is 363 g/mol. The molecule has 1 saturated carbocycles. The van der Waals surface area contributed by atoms with Gasteiger partial charge in [0.15, 0.2) is 0 Å². The van der Waals surface area contributed by atoms with Gasteiger partial charge in [0, 0.05) is 24.7 Å². The van der Waals surface area contributed by atoms with E-state index in [0.717, 1.165) is 37.1 Å². The predicted octanol–water partition coefficient (Wildman–Crippen LogP) is 3.05. The number of aryl methyl sites for hydroxylation is 1. The molecule has 0 unspecified atom stereocenters. The molecule has 2 aliphatic rings. The van der Waals surface area contributed by atoms with Crippen LogP contribution in [-0.2, 0) is 4.74 Å². The van der Waals surface area contributed by atoms with E-state index in [2.05, 4.69) is 15.7 Å². The summed E-state index contributed by atoms with van der Waals surface area (Å²) in [5.41, 5.74) is 0.976. The average Bonchev–Trinajstić information content (AvgIpc) is 3.26. The quantitative estimate of drug-likeness (QED) is 0.860. The first kappa shape index (κ1) is 18.5. The molecule has 8 heteroatoms. The zero-order chi connectivity index (χ0) is 18.5. The first-order valence-corrected chi connectivity index (χ1v) is 9.61. The number of rotatable bonds is 4. The van der Waals surface area contributed by atoms with Crippen LogP contribution < -0.4 is 10.6 Å². The summed E-state index contributed by atoms with van der Waals surface area (Å²) >= 11 is 0. The fourth-order valence-electron chi connectivity index (χ4n) is 3.78. The Morgan fingerprint density at radius 2 is 1.92 bits per heavy atom. The highest BCUT2D eigenvalue weighted by Crippen LogP contribution is 2.32. The van der Waals surface area contributed by atoms with E-state index in [9.17, 15) is 9.59 Å². The molecule has 0 bridgehead atoms. The molecule has 2 N–H and O–H groups in total. The first-order valence-electron chi connectivity index (χ1n) is 9.61. The van der Waals surface area contributed by atoms with Gasteiger partial charge in [-0.3, -0.25) is 5.32 Å². The Morgan fingerprint density at radius 1 is 1.23 bits per heavy atom. The third kappa shape index (κ3) is 4.28. The van der Waals surface area contributed by atoms with Gasteiger partial charge in [0.2, 0.25) is 0 Å². The molecule has 0 radical (unpaired) electrons. The van der Waals surface area contributed by atoms with Crippen molar-refractivity contribution < 1.29 is 14.3 Å². The van der Waals surface area contributed by atoms with E-state index >= 15 is 0 Å². The molecule has 144 valence electrons. The smallest absolute Gasteiger partial charge is 0.409 e. The van der Waals surface area contributed by atoms with Crippen molar-refractivity contribution in [3.63, 3.8) is 0 Å². The molecule has 1 aliphatic heterocycles. The number of nitrogens with zero attached hydrogens (tertiary/aromatic N) is 3. The van der Waals surface area contributed by atoms with E-state index in [1.54, 1.807) is 11.8 Å². The van der Waals surface area contributed by atoms with Gasteiger partial charge in [-0.15, -0.1) is 0 Å². The van der Waals surface area contributed by atoms with Crippen molar-refractivity contribution in [1.82, 2.24) is 20.0 Å². The minimum Gasteiger partial charge on any atom is -0.450 e. The van der Waals surface area contributed by atoms with Gasteiger partial charge in [-0.2, -0.15) is 5.10 Å². The predicted molar refractivity (Wildman–Crippen MR) is 98.2 cm³/mol. The SMILES string of the molecule is CCOC(=O)N1CCC(NC(=O)Nc2c(C)cnn2C2CCCC2)CC1. The molecule has 0 spiro atoms. The topological polar surface area (TPSA) is 88.5 Å². The number of amides is 3. The monoisotopic (exact) mass is 363 g/mol. The fraction of sp³-hybridized carbons (Fsp3) is 0.722. The molecular weight excluding hydrogens is 334 g/mol. The molecule has 1 saturated heterocycles. The minimum atomic E-state index is -0.272. The second-order valence-electron chi connectivity index (χ2n) is 7.12. The van der Waals surface area contributed by atoms with Crippen molar-refractivity contribution in [2.45, 2.75) is 64.5 Å². The largest absolute Gasteiger partial charge is 0.450 e. The summed E-state index contributed by atoms with van der Waals surface area (Å²) in [5.74, 6) is 0.790. The van der Waals surface area contributed by atoms with Gasteiger partial charge < -0.3 is 15.0 Å². The van der Waals surface area contributed by atoms with Crippen LogP contribution in [0.2, 0.25) is 0 Å². The van der Waals surface area contributed by atoms with Crippen molar-refractivity contribution in [1.29, 1.82) is 0 Å². The van der Waals surface area contributed by atoms with Crippen molar-refractivity contribution in [2.75, 3.05) is 25.0 Å². The molecule has 3 rings (SSSR count). The number of likely N-dealkylation sites (tertiary alicyclic amines) is 1. The molecule has 3 amide bonds. The lowest BCUT2D eigenvalue weighted by Gasteiger charge is -2.31. The molecule has 2 heterocycles. The van der Waals surface area contributed by atoms with Crippen LogP contribution in [0.4, 0.5) is 15.4 Å². The summed E-state index contributed by atoms with van der Waals surface area (Å²) in [7, 11) is 0. The van der Waals surface area contributed by atoms with Gasteiger partial charge >= 0.3 is 12.1 Å². The van der Waals surface area contributed by atoms with Crippen molar-refractivity contribution in [3.8, 4) is 0 Å². The summed E-state index contributed by atoms with van der Waals surface area (Å²) in [6.07, 6.45) is 7.66. The lowest BCUT2D eigenvalue weighted by atomic mass is 10.1. The summed E-state index contributed by atoms with van der Waals surface area (Å²) in [6, 6.07) is 0.234. The summed E-state index contributed by atoms with van der Waals surface area (Å²) in [4.78, 5) is 25.9. The highest BCUT2D eigenvalue weighted by atomic mass is 16.6. The molecule has 1 aromatic heterocycles. The Balaban J connectivity index is 1.51. The summed E-state index contributed by atoms with van der Waals surface area (Å²) < 4.78 is 6.98. The molecule has 0 aromatic carbocycles. The molecule has 26 heavy (non-hydrogen) atoms. The normalized spacial score (nSPS) is 18.8. The first-order chi connectivity index (χ1) is 12.6. The van der Waals surface area contributed by atoms with Crippen LogP contribution >= 0.6 is 0 Å². The summed E-state index contributed by atoms with van der Waals surface area (Å²) in [5, 5.41) is 10.5. The minimum absolute atomic E-state index is 0.0591. The van der Waals surface area contributed by atoms with Crippen LogP contribution in [0.5, 0.6) is 0 Å². The van der Waals surface area contributed by atoms with Crippen LogP contribution in [0.25, 0.3) is 0 Å². The Bertz CT molecular complexity index is 631. The van der Waals surface area contributed by atoms with Crippen molar-refractivity contribution >= 4 is 17.9 Å². The third-order valence-electron chi connectivity index (χ3n) is 5.24. The van der Waals surface area contributed by atoms with Crippen molar-refractivity contribution in [2.24, 2.45) is 0 Å². The highest BCUT2D eigenvalue weighted by molar-refractivity contribution is 5.89. The van der Waals surface area contributed by atoms with Gasteiger partial charge in [-0.25, -0.2) is 14.3 Å². The zero-order valence-electron chi connectivity index (χ0n) is 15.7. The molecule has 1 aliphatic carbocycles. The maximum absolute atomic E-state index is 12.4. The van der Waals surface area contributed by atoms with E-state index in [0.29, 0.717) is 25.7 Å². The molecule has 2 fully saturated rings. The third-order valence-corrected chi connectivity index (χ3v) is 5.24. The van der Waals surface area contributed by atoms with Crippen LogP contribution in [0, 0.1) is 6.92 Å². The number of piperidine rings is 1. The van der Waals surface area contributed by atoms with Gasteiger partial charge in [0.1, 0.15) is 5.82 Å². The fourth-order valence-corrected chi connectivity index (χ4v) is 3.78. The number of hydrogen-bond donors (Lipinski definition) is 2. The highest BCUT2D eigenvalue weighted by Gasteiger charge is 2.26. The van der Waals surface area contributed by atoms with E-state index < -0.39 is 0 Å². The Morgan fingerprint density at radius 3 is 2.58 bits per heavy atom.